The van der Waals surface area contributed by atoms with Gasteiger partial charge in [-0.25, -0.2) is 4.39 Å². The summed E-state index contributed by atoms with van der Waals surface area (Å²) in [6.07, 6.45) is 0. The summed E-state index contributed by atoms with van der Waals surface area (Å²) in [6.45, 7) is 3.67. The predicted octanol–water partition coefficient (Wildman–Crippen LogP) is 5.49. The highest BCUT2D eigenvalue weighted by Crippen LogP contribution is 2.32. The topological polar surface area (TPSA) is 49.4 Å². The number of benzene rings is 3. The van der Waals surface area contributed by atoms with Crippen LogP contribution in [-0.2, 0) is 16.1 Å². The van der Waals surface area contributed by atoms with Crippen molar-refractivity contribution < 1.29 is 14.0 Å². The van der Waals surface area contributed by atoms with Gasteiger partial charge in [0.25, 0.3) is 11.8 Å². The number of halogens is 2. The lowest BCUT2D eigenvalue weighted by Crippen LogP contribution is -2.32. The SMILES string of the molecule is Cc1ccc(C2=C(Nc3ccc(C)c(Cl)c3)C(=O)N(Cc3ccccc3F)C2=O)cc1. The number of amides is 2. The van der Waals surface area contributed by atoms with Gasteiger partial charge in [-0.2, -0.15) is 0 Å². The molecule has 0 bridgehead atoms. The lowest BCUT2D eigenvalue weighted by Gasteiger charge is -2.16. The fourth-order valence-corrected chi connectivity index (χ4v) is 3.62. The molecule has 1 aliphatic rings. The third-order valence-electron chi connectivity index (χ3n) is 5.24. The average Bonchev–Trinajstić information content (AvgIpc) is 2.97. The molecular weight excluding hydrogens is 415 g/mol. The Bertz CT molecular complexity index is 1220. The second-order valence-electron chi connectivity index (χ2n) is 7.49. The Morgan fingerprint density at radius 2 is 1.65 bits per heavy atom. The molecule has 0 unspecified atom stereocenters. The highest BCUT2D eigenvalue weighted by atomic mass is 35.5. The van der Waals surface area contributed by atoms with Crippen molar-refractivity contribution in [2.75, 3.05) is 5.32 Å². The van der Waals surface area contributed by atoms with Gasteiger partial charge >= 0.3 is 0 Å². The maximum atomic E-state index is 14.2. The monoisotopic (exact) mass is 434 g/mol. The molecule has 0 aliphatic carbocycles. The van der Waals surface area contributed by atoms with Gasteiger partial charge in [-0.1, -0.05) is 65.7 Å². The van der Waals surface area contributed by atoms with Gasteiger partial charge in [0.1, 0.15) is 11.5 Å². The first-order chi connectivity index (χ1) is 14.8. The van der Waals surface area contributed by atoms with Crippen LogP contribution in [-0.4, -0.2) is 16.7 Å². The van der Waals surface area contributed by atoms with Gasteiger partial charge in [0, 0.05) is 16.3 Å². The molecular formula is C25H20ClFN2O2. The maximum absolute atomic E-state index is 14.2. The molecule has 0 saturated carbocycles. The number of carbonyl (C=O) groups excluding carboxylic acids is 2. The highest BCUT2D eigenvalue weighted by molar-refractivity contribution is 6.36. The van der Waals surface area contributed by atoms with Crippen LogP contribution in [0.25, 0.3) is 5.57 Å². The molecule has 3 aromatic rings. The normalized spacial score (nSPS) is 13.9. The predicted molar refractivity (Wildman–Crippen MR) is 120 cm³/mol. The minimum atomic E-state index is -0.513. The van der Waals surface area contributed by atoms with E-state index in [-0.39, 0.29) is 23.4 Å². The van der Waals surface area contributed by atoms with E-state index in [1.54, 1.807) is 42.5 Å². The summed E-state index contributed by atoms with van der Waals surface area (Å²) >= 11 is 6.23. The van der Waals surface area contributed by atoms with Crippen molar-refractivity contribution in [1.82, 2.24) is 4.90 Å². The summed E-state index contributed by atoms with van der Waals surface area (Å²) in [5.41, 5.74) is 3.79. The van der Waals surface area contributed by atoms with Crippen LogP contribution in [0.15, 0.2) is 72.4 Å². The number of aryl methyl sites for hydroxylation is 2. The molecule has 31 heavy (non-hydrogen) atoms. The van der Waals surface area contributed by atoms with E-state index in [1.165, 1.54) is 6.07 Å². The van der Waals surface area contributed by atoms with Crippen molar-refractivity contribution in [3.05, 3.63) is 106 Å². The van der Waals surface area contributed by atoms with Crippen LogP contribution in [0.5, 0.6) is 0 Å². The Hall–Kier alpha value is -3.44. The van der Waals surface area contributed by atoms with E-state index < -0.39 is 17.6 Å². The van der Waals surface area contributed by atoms with Crippen molar-refractivity contribution in [2.45, 2.75) is 20.4 Å². The minimum Gasteiger partial charge on any atom is -0.350 e. The average molecular weight is 435 g/mol. The summed E-state index contributed by atoms with van der Waals surface area (Å²) in [5.74, 6) is -1.45. The number of imide groups is 1. The van der Waals surface area contributed by atoms with Gasteiger partial charge in [0.15, 0.2) is 0 Å². The number of rotatable bonds is 5. The largest absolute Gasteiger partial charge is 0.350 e. The smallest absolute Gasteiger partial charge is 0.278 e. The quantitative estimate of drug-likeness (QED) is 0.540. The van der Waals surface area contributed by atoms with Gasteiger partial charge in [-0.05, 0) is 43.2 Å². The second-order valence-corrected chi connectivity index (χ2v) is 7.90. The summed E-state index contributed by atoms with van der Waals surface area (Å²) in [6, 6.07) is 18.8. The Balaban J connectivity index is 1.76. The number of nitrogens with zero attached hydrogens (tertiary/aromatic N) is 1. The first-order valence-electron chi connectivity index (χ1n) is 9.79. The van der Waals surface area contributed by atoms with Gasteiger partial charge in [0.05, 0.1) is 12.1 Å². The summed E-state index contributed by atoms with van der Waals surface area (Å²) < 4.78 is 14.2. The summed E-state index contributed by atoms with van der Waals surface area (Å²) in [4.78, 5) is 27.6. The third-order valence-corrected chi connectivity index (χ3v) is 5.64. The second kappa shape index (κ2) is 8.36. The van der Waals surface area contributed by atoms with E-state index in [2.05, 4.69) is 5.32 Å². The molecule has 0 fully saturated rings. The molecule has 3 aromatic carbocycles. The molecule has 4 rings (SSSR count). The van der Waals surface area contributed by atoms with Crippen LogP contribution >= 0.6 is 11.6 Å². The number of hydrogen-bond donors (Lipinski definition) is 1. The summed E-state index contributed by atoms with van der Waals surface area (Å²) in [7, 11) is 0. The van der Waals surface area contributed by atoms with E-state index in [1.807, 2.05) is 32.0 Å². The molecule has 1 heterocycles. The minimum absolute atomic E-state index is 0.144. The number of carbonyl (C=O) groups is 2. The first kappa shape index (κ1) is 20.8. The molecule has 1 aliphatic heterocycles. The Kier molecular flexibility index (Phi) is 5.61. The molecule has 1 N–H and O–H groups in total. The molecule has 0 atom stereocenters. The molecule has 0 radical (unpaired) electrons. The van der Waals surface area contributed by atoms with Gasteiger partial charge in [-0.15, -0.1) is 0 Å². The fraction of sp³-hybridized carbons (Fsp3) is 0.120. The van der Waals surface area contributed by atoms with Crippen molar-refractivity contribution in [3.63, 3.8) is 0 Å². The molecule has 156 valence electrons. The highest BCUT2D eigenvalue weighted by Gasteiger charge is 2.39. The van der Waals surface area contributed by atoms with E-state index in [4.69, 9.17) is 11.6 Å². The van der Waals surface area contributed by atoms with Crippen LogP contribution in [0.1, 0.15) is 22.3 Å². The molecule has 0 spiro atoms. The van der Waals surface area contributed by atoms with Crippen molar-refractivity contribution >= 4 is 34.7 Å². The third kappa shape index (κ3) is 4.09. The van der Waals surface area contributed by atoms with E-state index in [9.17, 15) is 14.0 Å². The van der Waals surface area contributed by atoms with Crippen LogP contribution in [0.2, 0.25) is 5.02 Å². The van der Waals surface area contributed by atoms with Crippen LogP contribution in [0, 0.1) is 19.7 Å². The zero-order chi connectivity index (χ0) is 22.1. The molecule has 2 amide bonds. The summed E-state index contributed by atoms with van der Waals surface area (Å²) in [5, 5.41) is 3.62. The standard InChI is InChI=1S/C25H20ClFN2O2/c1-15-7-10-17(11-8-15)22-23(28-19-12-9-16(2)20(26)13-19)25(31)29(24(22)30)14-18-5-3-4-6-21(18)27/h3-13,28H,14H2,1-2H3. The van der Waals surface area contributed by atoms with Gasteiger partial charge in [0.2, 0.25) is 0 Å². The van der Waals surface area contributed by atoms with Crippen molar-refractivity contribution in [2.24, 2.45) is 0 Å². The number of anilines is 1. The van der Waals surface area contributed by atoms with E-state index >= 15 is 0 Å². The first-order valence-corrected chi connectivity index (χ1v) is 10.2. The van der Waals surface area contributed by atoms with Gasteiger partial charge < -0.3 is 5.32 Å². The zero-order valence-corrected chi connectivity index (χ0v) is 17.8. The molecule has 0 aromatic heterocycles. The van der Waals surface area contributed by atoms with Gasteiger partial charge in [-0.3, -0.25) is 14.5 Å². The Labute approximate surface area is 185 Å². The molecule has 6 heteroatoms. The van der Waals surface area contributed by atoms with Crippen molar-refractivity contribution in [3.8, 4) is 0 Å². The Morgan fingerprint density at radius 1 is 0.935 bits per heavy atom. The maximum Gasteiger partial charge on any atom is 0.278 e. The number of hydrogen-bond acceptors (Lipinski definition) is 3. The van der Waals surface area contributed by atoms with Crippen LogP contribution in [0.3, 0.4) is 0 Å². The zero-order valence-electron chi connectivity index (χ0n) is 17.1. The lowest BCUT2D eigenvalue weighted by atomic mass is 10.0. The molecule has 0 saturated heterocycles. The van der Waals surface area contributed by atoms with Crippen LogP contribution < -0.4 is 5.32 Å². The van der Waals surface area contributed by atoms with E-state index in [0.717, 1.165) is 16.0 Å². The fourth-order valence-electron chi connectivity index (χ4n) is 3.44. The number of nitrogens with one attached hydrogen (secondary N) is 1. The lowest BCUT2D eigenvalue weighted by molar-refractivity contribution is -0.137. The Morgan fingerprint density at radius 3 is 2.32 bits per heavy atom. The van der Waals surface area contributed by atoms with E-state index in [0.29, 0.717) is 16.3 Å². The van der Waals surface area contributed by atoms with Crippen LogP contribution in [0.4, 0.5) is 10.1 Å². The van der Waals surface area contributed by atoms with Crippen molar-refractivity contribution in [1.29, 1.82) is 0 Å². The molecule has 4 nitrogen and oxygen atoms in total.